The largest absolute Gasteiger partial charge is 0.392 e. The normalized spacial score (nSPS) is 56.8. The van der Waals surface area contributed by atoms with Crippen molar-refractivity contribution in [2.24, 2.45) is 28.6 Å². The molecule has 0 radical (unpaired) electrons. The molecule has 86 valence electrons. The van der Waals surface area contributed by atoms with Crippen molar-refractivity contribution in [2.45, 2.75) is 59.0 Å². The fraction of sp³-hybridized carbons (Fsp3) is 1.00. The molecule has 5 atom stereocenters. The van der Waals surface area contributed by atoms with Crippen molar-refractivity contribution >= 4 is 0 Å². The summed E-state index contributed by atoms with van der Waals surface area (Å²) in [5, 5.41) is 10.5. The van der Waals surface area contributed by atoms with Gasteiger partial charge in [0, 0.05) is 0 Å². The zero-order valence-corrected chi connectivity index (χ0v) is 10.3. The van der Waals surface area contributed by atoms with Crippen LogP contribution in [0.4, 0.5) is 0 Å². The molecule has 15 heavy (non-hydrogen) atoms. The van der Waals surface area contributed by atoms with E-state index in [0.29, 0.717) is 11.3 Å². The van der Waals surface area contributed by atoms with Crippen LogP contribution in [0.2, 0.25) is 0 Å². The number of aliphatic hydroxyl groups is 1. The Hall–Kier alpha value is -0.0400. The summed E-state index contributed by atoms with van der Waals surface area (Å²) in [6.07, 6.45) is 6.62. The minimum Gasteiger partial charge on any atom is -0.392 e. The van der Waals surface area contributed by atoms with Crippen LogP contribution in [-0.4, -0.2) is 11.2 Å². The third-order valence-corrected chi connectivity index (χ3v) is 6.07. The number of hydrogen-bond acceptors (Lipinski definition) is 1. The molecule has 1 nitrogen and oxygen atoms in total. The molecule has 0 saturated heterocycles. The summed E-state index contributed by atoms with van der Waals surface area (Å²) in [7, 11) is 0. The molecule has 3 saturated carbocycles. The van der Waals surface area contributed by atoms with Crippen molar-refractivity contribution in [3.05, 3.63) is 0 Å². The van der Waals surface area contributed by atoms with Crippen molar-refractivity contribution in [1.29, 1.82) is 0 Å². The number of aliphatic hydroxyl groups excluding tert-OH is 1. The monoisotopic (exact) mass is 208 g/mol. The minimum atomic E-state index is 0.000764. The highest BCUT2D eigenvalue weighted by Gasteiger charge is 2.64. The van der Waals surface area contributed by atoms with Gasteiger partial charge in [0.2, 0.25) is 0 Å². The fourth-order valence-corrected chi connectivity index (χ4v) is 5.38. The lowest BCUT2D eigenvalue weighted by Crippen LogP contribution is -2.38. The van der Waals surface area contributed by atoms with E-state index in [-0.39, 0.29) is 11.5 Å². The third-order valence-electron chi connectivity index (χ3n) is 6.07. The van der Waals surface area contributed by atoms with Crippen molar-refractivity contribution in [3.63, 3.8) is 0 Å². The Kier molecular flexibility index (Phi) is 1.89. The maximum Gasteiger partial charge on any atom is 0.0627 e. The van der Waals surface area contributed by atoms with Gasteiger partial charge in [-0.2, -0.15) is 0 Å². The van der Waals surface area contributed by atoms with Gasteiger partial charge in [-0.1, -0.05) is 27.2 Å². The van der Waals surface area contributed by atoms with Gasteiger partial charge in [-0.05, 0) is 54.3 Å². The lowest BCUT2D eigenvalue weighted by atomic mass is 9.70. The van der Waals surface area contributed by atoms with Crippen LogP contribution in [0.25, 0.3) is 0 Å². The second kappa shape index (κ2) is 2.80. The Labute approximate surface area is 93.3 Å². The van der Waals surface area contributed by atoms with Crippen molar-refractivity contribution < 1.29 is 5.11 Å². The van der Waals surface area contributed by atoms with Gasteiger partial charge in [-0.15, -0.1) is 0 Å². The summed E-state index contributed by atoms with van der Waals surface area (Å²) in [5.74, 6) is 2.24. The van der Waals surface area contributed by atoms with Gasteiger partial charge in [0.05, 0.1) is 6.10 Å². The van der Waals surface area contributed by atoms with E-state index in [1.165, 1.54) is 32.1 Å². The van der Waals surface area contributed by atoms with Gasteiger partial charge < -0.3 is 5.11 Å². The minimum absolute atomic E-state index is 0.000764. The Bertz CT molecular complexity index is 283. The van der Waals surface area contributed by atoms with E-state index in [4.69, 9.17) is 0 Å². The SMILES string of the molecule is CC1(C)CCCC2(C)C(O)C3CCC2C31. The smallest absolute Gasteiger partial charge is 0.0627 e. The van der Waals surface area contributed by atoms with E-state index in [1.807, 2.05) is 0 Å². The van der Waals surface area contributed by atoms with E-state index in [2.05, 4.69) is 20.8 Å². The first-order valence-electron chi connectivity index (χ1n) is 6.65. The number of hydrogen-bond donors (Lipinski definition) is 1. The van der Waals surface area contributed by atoms with E-state index < -0.39 is 0 Å². The highest BCUT2D eigenvalue weighted by atomic mass is 16.3. The van der Waals surface area contributed by atoms with Crippen LogP contribution in [0.3, 0.4) is 0 Å². The summed E-state index contributed by atoms with van der Waals surface area (Å²) in [6.45, 7) is 7.23. The van der Waals surface area contributed by atoms with Crippen molar-refractivity contribution in [3.8, 4) is 0 Å². The zero-order chi connectivity index (χ0) is 10.8. The molecule has 0 aliphatic heterocycles. The molecule has 4 bridgehead atoms. The van der Waals surface area contributed by atoms with E-state index in [0.717, 1.165) is 11.8 Å². The molecule has 0 spiro atoms. The van der Waals surface area contributed by atoms with Crippen LogP contribution in [0.1, 0.15) is 52.9 Å². The summed E-state index contributed by atoms with van der Waals surface area (Å²) < 4.78 is 0. The maximum atomic E-state index is 10.5. The van der Waals surface area contributed by atoms with Crippen LogP contribution in [0, 0.1) is 28.6 Å². The molecule has 0 aromatic carbocycles. The predicted molar refractivity (Wildman–Crippen MR) is 61.4 cm³/mol. The summed E-state index contributed by atoms with van der Waals surface area (Å²) >= 11 is 0. The van der Waals surface area contributed by atoms with Crippen LogP contribution in [0.15, 0.2) is 0 Å². The van der Waals surface area contributed by atoms with Crippen LogP contribution < -0.4 is 0 Å². The second-order valence-corrected chi connectivity index (χ2v) is 7.17. The Morgan fingerprint density at radius 1 is 1.07 bits per heavy atom. The van der Waals surface area contributed by atoms with Gasteiger partial charge in [0.15, 0.2) is 0 Å². The molecule has 5 unspecified atom stereocenters. The summed E-state index contributed by atoms with van der Waals surface area (Å²) in [6, 6.07) is 0. The average Bonchev–Trinajstić information content (AvgIpc) is 2.63. The number of rotatable bonds is 0. The van der Waals surface area contributed by atoms with Crippen molar-refractivity contribution in [2.75, 3.05) is 0 Å². The van der Waals surface area contributed by atoms with E-state index in [9.17, 15) is 5.11 Å². The molecule has 0 aromatic rings. The molecule has 1 N–H and O–H groups in total. The fourth-order valence-electron chi connectivity index (χ4n) is 5.38. The molecular weight excluding hydrogens is 184 g/mol. The molecule has 0 amide bonds. The Morgan fingerprint density at radius 3 is 2.53 bits per heavy atom. The first-order valence-corrected chi connectivity index (χ1v) is 6.65. The van der Waals surface area contributed by atoms with Crippen LogP contribution in [0.5, 0.6) is 0 Å². The van der Waals surface area contributed by atoms with Gasteiger partial charge in [0.1, 0.15) is 0 Å². The molecular formula is C14H24O. The van der Waals surface area contributed by atoms with Gasteiger partial charge in [-0.25, -0.2) is 0 Å². The predicted octanol–water partition coefficient (Wildman–Crippen LogP) is 3.22. The summed E-state index contributed by atoms with van der Waals surface area (Å²) in [4.78, 5) is 0. The van der Waals surface area contributed by atoms with Crippen LogP contribution >= 0.6 is 0 Å². The van der Waals surface area contributed by atoms with E-state index >= 15 is 0 Å². The van der Waals surface area contributed by atoms with Crippen LogP contribution in [-0.2, 0) is 0 Å². The zero-order valence-electron chi connectivity index (χ0n) is 10.3. The van der Waals surface area contributed by atoms with Crippen molar-refractivity contribution in [1.82, 2.24) is 0 Å². The standard InChI is InChI=1S/C14H24O/c1-13(2)7-4-8-14(3)10-6-5-9(11(10)13)12(14)15/h9-12,15H,4-8H2,1-3H3. The van der Waals surface area contributed by atoms with E-state index in [1.54, 1.807) is 0 Å². The quantitative estimate of drug-likeness (QED) is 0.648. The Balaban J connectivity index is 2.06. The molecule has 0 aromatic heterocycles. The molecule has 0 heterocycles. The van der Waals surface area contributed by atoms with Gasteiger partial charge in [0.25, 0.3) is 0 Å². The maximum absolute atomic E-state index is 10.5. The summed E-state index contributed by atoms with van der Waals surface area (Å²) in [5.41, 5.74) is 0.739. The average molecular weight is 208 g/mol. The molecule has 3 fully saturated rings. The second-order valence-electron chi connectivity index (χ2n) is 7.17. The highest BCUT2D eigenvalue weighted by Crippen LogP contribution is 2.68. The Morgan fingerprint density at radius 2 is 1.80 bits per heavy atom. The lowest BCUT2D eigenvalue weighted by molar-refractivity contribution is -0.0182. The highest BCUT2D eigenvalue weighted by molar-refractivity contribution is 5.13. The topological polar surface area (TPSA) is 20.2 Å². The van der Waals surface area contributed by atoms with Gasteiger partial charge >= 0.3 is 0 Å². The van der Waals surface area contributed by atoms with Gasteiger partial charge in [-0.3, -0.25) is 0 Å². The molecule has 3 rings (SSSR count). The molecule has 3 aliphatic carbocycles. The third kappa shape index (κ3) is 1.08. The molecule has 3 aliphatic rings. The first kappa shape index (κ1) is 10.1. The molecule has 1 heteroatoms. The lowest BCUT2D eigenvalue weighted by Gasteiger charge is -2.38. The first-order chi connectivity index (χ1) is 6.97.